The molecule has 0 radical (unpaired) electrons. The maximum atomic E-state index is 9.99. The van der Waals surface area contributed by atoms with Crippen LogP contribution in [0.2, 0.25) is 0 Å². The Kier molecular flexibility index (Phi) is 2.83. The van der Waals surface area contributed by atoms with Gasteiger partial charge in [-0.05, 0) is 24.8 Å². The molecular weight excluding hydrogens is 140 g/mol. The maximum absolute atomic E-state index is 9.99. The van der Waals surface area contributed by atoms with E-state index in [2.05, 4.69) is 4.99 Å². The van der Waals surface area contributed by atoms with Gasteiger partial charge in [-0.15, -0.1) is 0 Å². The Morgan fingerprint density at radius 1 is 1.64 bits per heavy atom. The van der Waals surface area contributed by atoms with Gasteiger partial charge in [0.05, 0.1) is 5.70 Å². The van der Waals surface area contributed by atoms with Crippen molar-refractivity contribution in [3.05, 3.63) is 11.8 Å². The average Bonchev–Trinajstić information content (AvgIpc) is 2.81. The molecule has 0 atom stereocenters. The summed E-state index contributed by atoms with van der Waals surface area (Å²) in [5.41, 5.74) is 5.43. The van der Waals surface area contributed by atoms with Gasteiger partial charge in [-0.2, -0.15) is 0 Å². The Labute approximate surface area is 66.0 Å². The topological polar surface area (TPSA) is 55.5 Å². The van der Waals surface area contributed by atoms with Gasteiger partial charge in [-0.3, -0.25) is 9.79 Å². The third kappa shape index (κ3) is 3.55. The van der Waals surface area contributed by atoms with E-state index in [0.717, 1.165) is 12.5 Å². The molecule has 1 aliphatic rings. The van der Waals surface area contributed by atoms with E-state index in [-0.39, 0.29) is 5.70 Å². The van der Waals surface area contributed by atoms with Crippen LogP contribution in [0.25, 0.3) is 0 Å². The number of aliphatic imine (C=N–C) groups is 1. The first-order valence-electron chi connectivity index (χ1n) is 3.73. The summed E-state index contributed by atoms with van der Waals surface area (Å²) in [7, 11) is 0. The SMILES string of the molecule is N/C(C=O)=C\C=NCC1CC1. The molecule has 3 nitrogen and oxygen atoms in total. The lowest BCUT2D eigenvalue weighted by Gasteiger charge is -1.85. The van der Waals surface area contributed by atoms with Gasteiger partial charge in [0.2, 0.25) is 0 Å². The highest BCUT2D eigenvalue weighted by Crippen LogP contribution is 2.28. The van der Waals surface area contributed by atoms with Crippen molar-refractivity contribution in [1.82, 2.24) is 0 Å². The number of hydrogen-bond acceptors (Lipinski definition) is 3. The Morgan fingerprint density at radius 2 is 2.36 bits per heavy atom. The number of aldehydes is 1. The highest BCUT2D eigenvalue weighted by atomic mass is 16.1. The van der Waals surface area contributed by atoms with E-state index < -0.39 is 0 Å². The normalized spacial score (nSPS) is 19.1. The summed E-state index contributed by atoms with van der Waals surface area (Å²) in [6.45, 7) is 0.878. The fourth-order valence-corrected chi connectivity index (χ4v) is 0.688. The first kappa shape index (κ1) is 7.98. The number of carbonyl (C=O) groups is 1. The fraction of sp³-hybridized carbons (Fsp3) is 0.500. The largest absolute Gasteiger partial charge is 0.396 e. The molecule has 0 spiro atoms. The van der Waals surface area contributed by atoms with E-state index in [1.54, 1.807) is 6.21 Å². The van der Waals surface area contributed by atoms with Gasteiger partial charge in [0.15, 0.2) is 6.29 Å². The van der Waals surface area contributed by atoms with E-state index >= 15 is 0 Å². The third-order valence-corrected chi connectivity index (χ3v) is 1.57. The van der Waals surface area contributed by atoms with Crippen molar-refractivity contribution in [3.63, 3.8) is 0 Å². The van der Waals surface area contributed by atoms with Gasteiger partial charge >= 0.3 is 0 Å². The molecule has 11 heavy (non-hydrogen) atoms. The number of allylic oxidation sites excluding steroid dienone is 2. The summed E-state index contributed by atoms with van der Waals surface area (Å²) in [6, 6.07) is 0. The molecule has 0 unspecified atom stereocenters. The molecule has 0 saturated heterocycles. The van der Waals surface area contributed by atoms with Crippen LogP contribution in [0.3, 0.4) is 0 Å². The van der Waals surface area contributed by atoms with Gasteiger partial charge in [-0.25, -0.2) is 0 Å². The zero-order valence-electron chi connectivity index (χ0n) is 6.36. The van der Waals surface area contributed by atoms with Crippen LogP contribution in [0.4, 0.5) is 0 Å². The van der Waals surface area contributed by atoms with Crippen molar-refractivity contribution < 1.29 is 4.79 Å². The van der Waals surface area contributed by atoms with Crippen LogP contribution in [0, 0.1) is 5.92 Å². The molecule has 2 N–H and O–H groups in total. The molecular formula is C8H12N2O. The molecule has 1 fully saturated rings. The van der Waals surface area contributed by atoms with Gasteiger partial charge < -0.3 is 5.73 Å². The van der Waals surface area contributed by atoms with Crippen LogP contribution in [0.5, 0.6) is 0 Å². The molecule has 0 heterocycles. The van der Waals surface area contributed by atoms with E-state index in [1.165, 1.54) is 18.9 Å². The summed E-state index contributed by atoms with van der Waals surface area (Å²) < 4.78 is 0. The Balaban J connectivity index is 2.17. The predicted octanol–water partition coefficient (Wildman–Crippen LogP) is 0.509. The van der Waals surface area contributed by atoms with Gasteiger partial charge in [-0.1, -0.05) is 0 Å². The van der Waals surface area contributed by atoms with Crippen molar-refractivity contribution in [1.29, 1.82) is 0 Å². The summed E-state index contributed by atoms with van der Waals surface area (Å²) in [5.74, 6) is 0.789. The van der Waals surface area contributed by atoms with E-state index in [0.29, 0.717) is 6.29 Å². The van der Waals surface area contributed by atoms with Gasteiger partial charge in [0.25, 0.3) is 0 Å². The van der Waals surface area contributed by atoms with Crippen molar-refractivity contribution >= 4 is 12.5 Å². The Morgan fingerprint density at radius 3 is 2.91 bits per heavy atom. The van der Waals surface area contributed by atoms with Crippen LogP contribution in [0.15, 0.2) is 16.8 Å². The zero-order chi connectivity index (χ0) is 8.10. The number of carbonyl (C=O) groups excluding carboxylic acids is 1. The smallest absolute Gasteiger partial charge is 0.165 e. The van der Waals surface area contributed by atoms with Gasteiger partial charge in [0, 0.05) is 12.8 Å². The monoisotopic (exact) mass is 152 g/mol. The second kappa shape index (κ2) is 3.91. The van der Waals surface area contributed by atoms with Crippen LogP contribution in [-0.2, 0) is 4.79 Å². The summed E-state index contributed by atoms with van der Waals surface area (Å²) in [4.78, 5) is 14.1. The predicted molar refractivity (Wildman–Crippen MR) is 44.4 cm³/mol. The molecule has 0 aromatic carbocycles. The van der Waals surface area contributed by atoms with E-state index in [1.807, 2.05) is 0 Å². The van der Waals surface area contributed by atoms with Crippen molar-refractivity contribution in [2.24, 2.45) is 16.6 Å². The van der Waals surface area contributed by atoms with Crippen LogP contribution < -0.4 is 5.73 Å². The van der Waals surface area contributed by atoms with E-state index in [9.17, 15) is 4.79 Å². The molecule has 0 amide bonds. The number of hydrogen-bond donors (Lipinski definition) is 1. The van der Waals surface area contributed by atoms with Crippen LogP contribution in [-0.4, -0.2) is 19.0 Å². The van der Waals surface area contributed by atoms with Crippen LogP contribution in [0.1, 0.15) is 12.8 Å². The molecule has 0 aromatic heterocycles. The molecule has 0 bridgehead atoms. The van der Waals surface area contributed by atoms with E-state index in [4.69, 9.17) is 5.73 Å². The molecule has 1 saturated carbocycles. The van der Waals surface area contributed by atoms with Crippen molar-refractivity contribution in [2.45, 2.75) is 12.8 Å². The second-order valence-corrected chi connectivity index (χ2v) is 2.74. The second-order valence-electron chi connectivity index (χ2n) is 2.74. The lowest BCUT2D eigenvalue weighted by molar-refractivity contribution is -0.104. The van der Waals surface area contributed by atoms with Crippen molar-refractivity contribution in [2.75, 3.05) is 6.54 Å². The summed E-state index contributed by atoms with van der Waals surface area (Å²) >= 11 is 0. The molecule has 3 heteroatoms. The van der Waals surface area contributed by atoms with Crippen LogP contribution >= 0.6 is 0 Å². The first-order valence-corrected chi connectivity index (χ1v) is 3.73. The molecule has 1 rings (SSSR count). The highest BCUT2D eigenvalue weighted by Gasteiger charge is 2.19. The minimum atomic E-state index is 0.226. The average molecular weight is 152 g/mol. The quantitative estimate of drug-likeness (QED) is 0.362. The van der Waals surface area contributed by atoms with Gasteiger partial charge in [0.1, 0.15) is 0 Å². The molecule has 60 valence electrons. The maximum Gasteiger partial charge on any atom is 0.165 e. The number of nitrogens with two attached hydrogens (primary N) is 1. The molecule has 1 aliphatic carbocycles. The number of nitrogens with zero attached hydrogens (tertiary/aromatic N) is 1. The Bertz CT molecular complexity index is 192. The third-order valence-electron chi connectivity index (χ3n) is 1.57. The van der Waals surface area contributed by atoms with Crippen molar-refractivity contribution in [3.8, 4) is 0 Å². The summed E-state index contributed by atoms with van der Waals surface area (Å²) in [5, 5.41) is 0. The lowest BCUT2D eigenvalue weighted by atomic mass is 10.4. The molecule has 0 aliphatic heterocycles. The first-order chi connectivity index (χ1) is 5.33. The minimum Gasteiger partial charge on any atom is -0.396 e. The minimum absolute atomic E-state index is 0.226. The lowest BCUT2D eigenvalue weighted by Crippen LogP contribution is -1.97. The fourth-order valence-electron chi connectivity index (χ4n) is 0.688. The zero-order valence-corrected chi connectivity index (χ0v) is 6.36. The highest BCUT2D eigenvalue weighted by molar-refractivity contribution is 5.82. The standard InChI is InChI=1S/C8H12N2O/c9-8(6-11)3-4-10-5-7-1-2-7/h3-4,6-7H,1-2,5,9H2/b8-3-,10-4?. The Hall–Kier alpha value is -1.12. The number of rotatable bonds is 4. The summed E-state index contributed by atoms with van der Waals surface area (Å²) in [6.07, 6.45) is 6.33. The molecule has 0 aromatic rings.